The fourth-order valence-electron chi connectivity index (χ4n) is 7.25. The van der Waals surface area contributed by atoms with E-state index >= 15 is 0 Å². The Kier molecular flexibility index (Phi) is 20.1. The summed E-state index contributed by atoms with van der Waals surface area (Å²) < 4.78 is 56.2. The maximum atomic E-state index is 11.4. The normalized spacial score (nSPS) is 50.8. The van der Waals surface area contributed by atoms with Gasteiger partial charge in [0.05, 0.1) is 45.2 Å². The standard InChI is InChI=1S/C33H56NO24.Ac/c1-3-4-49-30-23(47)21(45)25(13(8-38)54-30)55-32-24(48)27(18(42)12(7-37)52-32)57-29-14(34)26(17(41)11(6-36)51-29)56-33-28(20(44)16(40)10(5-35)53-33)58-31-22(46)19(43)15(39)9(2)50-31;/h3,9-48H,1,4-8H2,2H3;/q-1;/t9?,10?,11?,12?,13?,14?,15-,16-,17-,18?,19?,20?,21?,22?,23?,24?,25-,26?,27+,28?,29?,30+,31-,32-,33-;/m0./s1. The molecular weight excluding hydrogens is 1020 g/mol. The number of aliphatic hydroxyl groups excluding tert-OH is 14. The summed E-state index contributed by atoms with van der Waals surface area (Å²) in [5, 5.41) is 148. The van der Waals surface area contributed by atoms with Gasteiger partial charge >= 0.3 is 0 Å². The van der Waals surface area contributed by atoms with E-state index in [-0.39, 0.29) is 50.7 Å². The van der Waals surface area contributed by atoms with Gasteiger partial charge in [0.1, 0.15) is 110 Å². The first-order chi connectivity index (χ1) is 27.5. The van der Waals surface area contributed by atoms with Gasteiger partial charge in [0, 0.05) is 44.1 Å². The van der Waals surface area contributed by atoms with Crippen LogP contribution >= 0.6 is 0 Å². The summed E-state index contributed by atoms with van der Waals surface area (Å²) in [6, 6.07) is -1.91. The van der Waals surface area contributed by atoms with Crippen molar-refractivity contribution in [3.8, 4) is 0 Å². The SMILES string of the molecule is C=CCO[C@@H]1OC(CO)[C@H](O[C@@H]2OC(CO)C(O)[C@@H](OC3OC(CO)[C@H](O)C(O[C@@H]4OC(CO)[C@H](O)C(O)C4O[C@@H]4OC(C)[C@H](O)C(O)C4O)C3[NH-])C2O)C(O)C1O.[Ac]. The largest absolute Gasteiger partial charge is 0.668 e. The first kappa shape index (κ1) is 51.8. The summed E-state index contributed by atoms with van der Waals surface area (Å²) in [7, 11) is 0. The van der Waals surface area contributed by atoms with Crippen LogP contribution in [0.15, 0.2) is 12.7 Å². The minimum Gasteiger partial charge on any atom is -0.668 e. The maximum Gasteiger partial charge on any atom is 0.187 e. The Hall–Kier alpha value is 0.182. The monoisotopic (exact) mass is 1080 g/mol. The number of hydrogen-bond donors (Lipinski definition) is 14. The predicted molar refractivity (Wildman–Crippen MR) is 181 cm³/mol. The third-order valence-electron chi connectivity index (χ3n) is 10.7. The molecule has 0 saturated carbocycles. The van der Waals surface area contributed by atoms with Crippen molar-refractivity contribution in [1.29, 1.82) is 0 Å². The summed E-state index contributed by atoms with van der Waals surface area (Å²) >= 11 is 0. The third kappa shape index (κ3) is 11.2. The second kappa shape index (κ2) is 22.9. The molecule has 26 heteroatoms. The Balaban J connectivity index is 0.00000769. The molecule has 16 unspecified atom stereocenters. The van der Waals surface area contributed by atoms with E-state index in [2.05, 4.69) is 6.58 Å². The average molecular weight is 1080 g/mol. The first-order valence-corrected chi connectivity index (χ1v) is 18.6. The van der Waals surface area contributed by atoms with Crippen molar-refractivity contribution < 1.29 is 163 Å². The second-order valence-corrected chi connectivity index (χ2v) is 14.6. The smallest absolute Gasteiger partial charge is 0.187 e. The number of nitrogens with one attached hydrogen (secondary N) is 1. The van der Waals surface area contributed by atoms with E-state index < -0.39 is 180 Å². The van der Waals surface area contributed by atoms with Crippen LogP contribution in [0.3, 0.4) is 0 Å². The Morgan fingerprint density at radius 3 is 1.49 bits per heavy atom. The van der Waals surface area contributed by atoms with Gasteiger partial charge in [0.25, 0.3) is 0 Å². The van der Waals surface area contributed by atoms with E-state index in [1.807, 2.05) is 0 Å². The molecule has 341 valence electrons. The molecule has 5 heterocycles. The Labute approximate surface area is 372 Å². The van der Waals surface area contributed by atoms with Gasteiger partial charge in [0.15, 0.2) is 25.2 Å². The maximum absolute atomic E-state index is 11.4. The molecule has 5 aliphatic heterocycles. The molecule has 5 fully saturated rings. The van der Waals surface area contributed by atoms with Crippen molar-refractivity contribution in [2.75, 3.05) is 33.0 Å². The van der Waals surface area contributed by atoms with Crippen LogP contribution in [0.4, 0.5) is 0 Å². The van der Waals surface area contributed by atoms with Gasteiger partial charge in [-0.3, -0.25) is 0 Å². The van der Waals surface area contributed by atoms with Crippen LogP contribution in [0.1, 0.15) is 6.92 Å². The zero-order valence-electron chi connectivity index (χ0n) is 31.7. The molecule has 0 aromatic heterocycles. The zero-order valence-corrected chi connectivity index (χ0v) is 36.4. The molecule has 15 N–H and O–H groups in total. The average Bonchev–Trinajstić information content (AvgIpc) is 3.21. The molecule has 25 nitrogen and oxygen atoms in total. The fraction of sp³-hybridized carbons (Fsp3) is 0.939. The molecule has 25 atom stereocenters. The van der Waals surface area contributed by atoms with Crippen molar-refractivity contribution in [2.45, 2.75) is 160 Å². The van der Waals surface area contributed by atoms with E-state index in [1.165, 1.54) is 13.0 Å². The molecule has 0 spiro atoms. The van der Waals surface area contributed by atoms with Gasteiger partial charge in [-0.1, -0.05) is 12.1 Å². The molecule has 0 aromatic rings. The number of aliphatic hydroxyl groups is 14. The second-order valence-electron chi connectivity index (χ2n) is 14.6. The molecule has 0 bridgehead atoms. The number of ether oxygens (including phenoxy) is 10. The van der Waals surface area contributed by atoms with Crippen molar-refractivity contribution >= 4 is 0 Å². The molecule has 0 aliphatic carbocycles. The van der Waals surface area contributed by atoms with Crippen LogP contribution in [0.2, 0.25) is 0 Å². The summed E-state index contributed by atoms with van der Waals surface area (Å²) in [5.74, 6) is 0. The Morgan fingerprint density at radius 2 is 0.898 bits per heavy atom. The minimum atomic E-state index is -2.05. The zero-order chi connectivity index (χ0) is 42.7. The van der Waals surface area contributed by atoms with Crippen LogP contribution in [0.25, 0.3) is 5.73 Å². The molecule has 5 aliphatic rings. The van der Waals surface area contributed by atoms with Crippen molar-refractivity contribution in [2.24, 2.45) is 0 Å². The summed E-state index contributed by atoms with van der Waals surface area (Å²) in [4.78, 5) is 0. The summed E-state index contributed by atoms with van der Waals surface area (Å²) in [5.41, 5.74) is 8.98. The number of rotatable bonds is 15. The van der Waals surface area contributed by atoms with E-state index in [1.54, 1.807) is 0 Å². The first-order valence-electron chi connectivity index (χ1n) is 18.6. The van der Waals surface area contributed by atoms with Crippen LogP contribution in [0.5, 0.6) is 0 Å². The van der Waals surface area contributed by atoms with E-state index in [4.69, 9.17) is 53.1 Å². The molecule has 5 saturated heterocycles. The number of hydrogen-bond acceptors (Lipinski definition) is 24. The molecule has 5 rings (SSSR count). The van der Waals surface area contributed by atoms with Crippen LogP contribution in [0, 0.1) is 44.1 Å². The molecule has 1 radical (unpaired) electrons. The molecular formula is C33H56AcNO24-. The summed E-state index contributed by atoms with van der Waals surface area (Å²) in [6.07, 6.45) is -40.4. The van der Waals surface area contributed by atoms with Gasteiger partial charge in [-0.2, -0.15) is 0 Å². The molecule has 0 aromatic carbocycles. The van der Waals surface area contributed by atoms with Crippen LogP contribution in [-0.4, -0.2) is 258 Å². The van der Waals surface area contributed by atoms with Crippen molar-refractivity contribution in [3.05, 3.63) is 18.4 Å². The van der Waals surface area contributed by atoms with Gasteiger partial charge < -0.3 is 125 Å². The Bertz CT molecular complexity index is 1280. The van der Waals surface area contributed by atoms with Crippen molar-refractivity contribution in [1.82, 2.24) is 0 Å². The van der Waals surface area contributed by atoms with Gasteiger partial charge in [-0.05, 0) is 6.92 Å². The fourth-order valence-corrected chi connectivity index (χ4v) is 7.25. The van der Waals surface area contributed by atoms with Gasteiger partial charge in [-0.25, -0.2) is 0 Å². The van der Waals surface area contributed by atoms with E-state index in [9.17, 15) is 71.5 Å². The van der Waals surface area contributed by atoms with E-state index in [0.717, 1.165) is 0 Å². The quantitative estimate of drug-likeness (QED) is 0.0677. The minimum absolute atomic E-state index is 0. The van der Waals surface area contributed by atoms with Crippen molar-refractivity contribution in [3.63, 3.8) is 0 Å². The van der Waals surface area contributed by atoms with Gasteiger partial charge in [-0.15, -0.1) is 6.58 Å². The summed E-state index contributed by atoms with van der Waals surface area (Å²) in [6.45, 7) is 1.21. The molecule has 0 amide bonds. The van der Waals surface area contributed by atoms with E-state index in [0.29, 0.717) is 0 Å². The Morgan fingerprint density at radius 1 is 0.458 bits per heavy atom. The van der Waals surface area contributed by atoms with Crippen LogP contribution < -0.4 is 0 Å². The van der Waals surface area contributed by atoms with Crippen LogP contribution in [-0.2, 0) is 47.4 Å². The molecule has 59 heavy (non-hydrogen) atoms. The predicted octanol–water partition coefficient (Wildman–Crippen LogP) is -8.63. The van der Waals surface area contributed by atoms with Gasteiger partial charge in [0.2, 0.25) is 0 Å². The topological polar surface area (TPSA) is 399 Å². The third-order valence-corrected chi connectivity index (χ3v) is 10.7.